The lowest BCUT2D eigenvalue weighted by atomic mass is 10.1. The molecule has 0 saturated carbocycles. The van der Waals surface area contributed by atoms with Gasteiger partial charge in [-0.1, -0.05) is 25.1 Å². The average Bonchev–Trinajstić information content (AvgIpc) is 2.80. The van der Waals surface area contributed by atoms with Gasteiger partial charge in [0.25, 0.3) is 0 Å². The Labute approximate surface area is 120 Å². The summed E-state index contributed by atoms with van der Waals surface area (Å²) < 4.78 is 7.37. The molecule has 1 aromatic heterocycles. The number of hydrogen-bond donors (Lipinski definition) is 1. The third kappa shape index (κ3) is 3.20. The lowest BCUT2D eigenvalue weighted by Crippen LogP contribution is -2.13. The summed E-state index contributed by atoms with van der Waals surface area (Å²) >= 11 is 0. The molecule has 0 spiro atoms. The quantitative estimate of drug-likeness (QED) is 0.872. The first-order valence-corrected chi connectivity index (χ1v) is 7.05. The third-order valence-corrected chi connectivity index (χ3v) is 3.38. The van der Waals surface area contributed by atoms with Crippen LogP contribution in [-0.4, -0.2) is 23.3 Å². The molecule has 0 saturated heterocycles. The molecule has 108 valence electrons. The van der Waals surface area contributed by atoms with Crippen molar-refractivity contribution in [3.05, 3.63) is 41.7 Å². The van der Waals surface area contributed by atoms with Crippen molar-refractivity contribution in [3.63, 3.8) is 0 Å². The highest BCUT2D eigenvalue weighted by molar-refractivity contribution is 5.59. The van der Waals surface area contributed by atoms with Gasteiger partial charge in [0.2, 0.25) is 5.95 Å². The van der Waals surface area contributed by atoms with Crippen LogP contribution in [0.3, 0.4) is 0 Å². The van der Waals surface area contributed by atoms with E-state index >= 15 is 0 Å². The monoisotopic (exact) mass is 273 g/mol. The molecule has 1 heterocycles. The maximum absolute atomic E-state index is 5.24. The number of rotatable bonds is 6. The van der Waals surface area contributed by atoms with Gasteiger partial charge in [0, 0.05) is 19.0 Å². The van der Waals surface area contributed by atoms with Crippen LogP contribution in [0.4, 0.5) is 11.6 Å². The number of aryl methyl sites for hydroxylation is 2. The number of para-hydroxylation sites is 1. The maximum Gasteiger partial charge on any atom is 0.207 e. The van der Waals surface area contributed by atoms with Crippen LogP contribution in [0, 0.1) is 6.92 Å². The summed E-state index contributed by atoms with van der Waals surface area (Å²) in [4.78, 5) is 4.58. The molecule has 1 N–H and O–H groups in total. The predicted octanol–water partition coefficient (Wildman–Crippen LogP) is 3.70. The van der Waals surface area contributed by atoms with Gasteiger partial charge in [-0.2, -0.15) is 0 Å². The summed E-state index contributed by atoms with van der Waals surface area (Å²) in [6.07, 6.45) is 3.05. The first-order valence-electron chi connectivity index (χ1n) is 7.05. The standard InChI is InChI=1S/C16H23N3O/c1-5-14-8-6-7-9-15(14)18-16-17-12(2)10-19(16)13(3)11-20-4/h6-10,13H,5,11H2,1-4H3,(H,17,18). The van der Waals surface area contributed by atoms with Crippen molar-refractivity contribution in [2.45, 2.75) is 33.2 Å². The SMILES string of the molecule is CCc1ccccc1Nc1nc(C)cn1C(C)COC. The van der Waals surface area contributed by atoms with Gasteiger partial charge in [0.15, 0.2) is 0 Å². The largest absolute Gasteiger partial charge is 0.383 e. The molecule has 20 heavy (non-hydrogen) atoms. The van der Waals surface area contributed by atoms with Crippen LogP contribution >= 0.6 is 0 Å². The van der Waals surface area contributed by atoms with Crippen LogP contribution < -0.4 is 5.32 Å². The van der Waals surface area contributed by atoms with Gasteiger partial charge in [0.05, 0.1) is 18.3 Å². The molecule has 0 aliphatic rings. The summed E-state index contributed by atoms with van der Waals surface area (Å²) in [7, 11) is 1.72. The molecule has 0 radical (unpaired) electrons. The van der Waals surface area contributed by atoms with E-state index in [4.69, 9.17) is 4.74 Å². The number of methoxy groups -OCH3 is 1. The number of imidazole rings is 1. The fraction of sp³-hybridized carbons (Fsp3) is 0.438. The highest BCUT2D eigenvalue weighted by Crippen LogP contribution is 2.23. The van der Waals surface area contributed by atoms with Crippen LogP contribution in [0.2, 0.25) is 0 Å². The van der Waals surface area contributed by atoms with Crippen molar-refractivity contribution in [2.24, 2.45) is 0 Å². The summed E-state index contributed by atoms with van der Waals surface area (Å²) in [5.41, 5.74) is 3.41. The minimum Gasteiger partial charge on any atom is -0.383 e. The number of aromatic nitrogens is 2. The zero-order valence-electron chi connectivity index (χ0n) is 12.7. The second-order valence-corrected chi connectivity index (χ2v) is 5.05. The Morgan fingerprint density at radius 3 is 2.80 bits per heavy atom. The molecule has 1 atom stereocenters. The Bertz CT molecular complexity index is 563. The zero-order chi connectivity index (χ0) is 14.5. The van der Waals surface area contributed by atoms with Crippen molar-refractivity contribution in [2.75, 3.05) is 19.0 Å². The molecule has 4 heteroatoms. The van der Waals surface area contributed by atoms with E-state index in [1.165, 1.54) is 5.56 Å². The van der Waals surface area contributed by atoms with E-state index in [0.29, 0.717) is 6.61 Å². The molecular weight excluding hydrogens is 250 g/mol. The first kappa shape index (κ1) is 14.6. The van der Waals surface area contributed by atoms with E-state index in [1.807, 2.05) is 13.0 Å². The lowest BCUT2D eigenvalue weighted by Gasteiger charge is -2.17. The molecule has 0 aliphatic carbocycles. The first-order chi connectivity index (χ1) is 9.65. The van der Waals surface area contributed by atoms with Crippen LogP contribution in [0.15, 0.2) is 30.5 Å². The Hall–Kier alpha value is -1.81. The molecule has 0 fully saturated rings. The van der Waals surface area contributed by atoms with Gasteiger partial charge in [-0.3, -0.25) is 0 Å². The third-order valence-electron chi connectivity index (χ3n) is 3.38. The number of anilines is 2. The average molecular weight is 273 g/mol. The van der Waals surface area contributed by atoms with Crippen LogP contribution in [0.1, 0.15) is 31.1 Å². The van der Waals surface area contributed by atoms with E-state index in [-0.39, 0.29) is 6.04 Å². The minimum absolute atomic E-state index is 0.248. The van der Waals surface area contributed by atoms with Gasteiger partial charge in [0.1, 0.15) is 0 Å². The molecular formula is C16H23N3O. The molecule has 2 rings (SSSR count). The van der Waals surface area contributed by atoms with Crippen LogP contribution in [0.5, 0.6) is 0 Å². The second kappa shape index (κ2) is 6.57. The van der Waals surface area contributed by atoms with Gasteiger partial charge < -0.3 is 14.6 Å². The molecule has 2 aromatic rings. The van der Waals surface area contributed by atoms with Gasteiger partial charge in [-0.15, -0.1) is 0 Å². The molecule has 1 unspecified atom stereocenters. The van der Waals surface area contributed by atoms with Crippen LogP contribution in [-0.2, 0) is 11.2 Å². The smallest absolute Gasteiger partial charge is 0.207 e. The topological polar surface area (TPSA) is 39.1 Å². The van der Waals surface area contributed by atoms with Gasteiger partial charge in [-0.25, -0.2) is 4.98 Å². The predicted molar refractivity (Wildman–Crippen MR) is 82.7 cm³/mol. The Morgan fingerprint density at radius 2 is 2.10 bits per heavy atom. The van der Waals surface area contributed by atoms with E-state index < -0.39 is 0 Å². The number of benzene rings is 1. The lowest BCUT2D eigenvalue weighted by molar-refractivity contribution is 0.163. The zero-order valence-corrected chi connectivity index (χ0v) is 12.7. The molecule has 1 aromatic carbocycles. The van der Waals surface area contributed by atoms with Gasteiger partial charge >= 0.3 is 0 Å². The highest BCUT2D eigenvalue weighted by Gasteiger charge is 2.12. The Morgan fingerprint density at radius 1 is 1.35 bits per heavy atom. The molecule has 4 nitrogen and oxygen atoms in total. The Kier molecular flexibility index (Phi) is 4.79. The van der Waals surface area contributed by atoms with Crippen molar-refractivity contribution in [1.82, 2.24) is 9.55 Å². The molecule has 0 bridgehead atoms. The van der Waals surface area contributed by atoms with Crippen molar-refractivity contribution in [3.8, 4) is 0 Å². The minimum atomic E-state index is 0.248. The van der Waals surface area contributed by atoms with Crippen molar-refractivity contribution >= 4 is 11.6 Å². The highest BCUT2D eigenvalue weighted by atomic mass is 16.5. The molecule has 0 aliphatic heterocycles. The van der Waals surface area contributed by atoms with Crippen molar-refractivity contribution < 1.29 is 4.74 Å². The van der Waals surface area contributed by atoms with Gasteiger partial charge in [-0.05, 0) is 31.9 Å². The van der Waals surface area contributed by atoms with Crippen molar-refractivity contribution in [1.29, 1.82) is 0 Å². The number of nitrogens with one attached hydrogen (secondary N) is 1. The molecule has 0 amide bonds. The van der Waals surface area contributed by atoms with Crippen LogP contribution in [0.25, 0.3) is 0 Å². The maximum atomic E-state index is 5.24. The number of nitrogens with zero attached hydrogens (tertiary/aromatic N) is 2. The summed E-state index contributed by atoms with van der Waals surface area (Å²) in [6.45, 7) is 6.96. The van der Waals surface area contributed by atoms with E-state index in [0.717, 1.165) is 23.8 Å². The fourth-order valence-electron chi connectivity index (χ4n) is 2.34. The Balaban J connectivity index is 2.29. The fourth-order valence-corrected chi connectivity index (χ4v) is 2.34. The summed E-state index contributed by atoms with van der Waals surface area (Å²) in [6, 6.07) is 8.59. The van der Waals surface area contributed by atoms with E-state index in [2.05, 4.69) is 53.1 Å². The van der Waals surface area contributed by atoms with E-state index in [1.54, 1.807) is 7.11 Å². The van der Waals surface area contributed by atoms with E-state index in [9.17, 15) is 0 Å². The normalized spacial score (nSPS) is 12.4. The second-order valence-electron chi connectivity index (χ2n) is 5.05. The summed E-state index contributed by atoms with van der Waals surface area (Å²) in [5.74, 6) is 0.868. The number of hydrogen-bond acceptors (Lipinski definition) is 3. The summed E-state index contributed by atoms with van der Waals surface area (Å²) in [5, 5.41) is 3.45. The number of ether oxygens (including phenoxy) is 1.